The van der Waals surface area contributed by atoms with E-state index < -0.39 is 10.1 Å². The molecule has 1 heterocycles. The van der Waals surface area contributed by atoms with Crippen LogP contribution < -0.4 is 4.90 Å². The molecule has 1 N–H and O–H groups in total. The monoisotopic (exact) mass is 344 g/mol. The molecule has 2 aromatic carbocycles. The summed E-state index contributed by atoms with van der Waals surface area (Å²) in [7, 11) is -0.267. The van der Waals surface area contributed by atoms with E-state index in [2.05, 4.69) is 4.98 Å². The van der Waals surface area contributed by atoms with Gasteiger partial charge in [0.15, 0.2) is 5.76 Å². The topological polar surface area (TPSA) is 83.6 Å². The molecule has 0 amide bonds. The maximum atomic E-state index is 11.1. The zero-order chi connectivity index (χ0) is 17.3. The van der Waals surface area contributed by atoms with Gasteiger partial charge < -0.3 is 9.32 Å². The van der Waals surface area contributed by atoms with Crippen molar-refractivity contribution in [2.75, 3.05) is 19.0 Å². The minimum atomic E-state index is -4.20. The van der Waals surface area contributed by atoms with E-state index in [9.17, 15) is 8.42 Å². The van der Waals surface area contributed by atoms with Crippen LogP contribution in [0.1, 0.15) is 0 Å². The Kier molecular flexibility index (Phi) is 4.13. The fourth-order valence-corrected chi connectivity index (χ4v) is 2.71. The Morgan fingerprint density at radius 1 is 0.958 bits per heavy atom. The maximum Gasteiger partial charge on any atom is 0.294 e. The average Bonchev–Trinajstić information content (AvgIpc) is 3.04. The summed E-state index contributed by atoms with van der Waals surface area (Å²) in [6.45, 7) is 0. The van der Waals surface area contributed by atoms with Gasteiger partial charge in [-0.25, -0.2) is 4.98 Å². The van der Waals surface area contributed by atoms with E-state index in [1.54, 1.807) is 18.3 Å². The van der Waals surface area contributed by atoms with Crippen LogP contribution in [0.5, 0.6) is 0 Å². The lowest BCUT2D eigenvalue weighted by atomic mass is 10.2. The van der Waals surface area contributed by atoms with Crippen molar-refractivity contribution in [3.05, 3.63) is 54.7 Å². The Labute approximate surface area is 140 Å². The van der Waals surface area contributed by atoms with Gasteiger partial charge in [-0.2, -0.15) is 8.42 Å². The Balaban J connectivity index is 1.87. The number of benzene rings is 2. The van der Waals surface area contributed by atoms with Crippen LogP contribution in [0.3, 0.4) is 0 Å². The largest absolute Gasteiger partial charge is 0.436 e. The number of aromatic nitrogens is 1. The van der Waals surface area contributed by atoms with Gasteiger partial charge in [0, 0.05) is 30.9 Å². The van der Waals surface area contributed by atoms with Crippen molar-refractivity contribution in [3.63, 3.8) is 0 Å². The van der Waals surface area contributed by atoms with Gasteiger partial charge in [-0.1, -0.05) is 0 Å². The van der Waals surface area contributed by atoms with E-state index >= 15 is 0 Å². The first-order valence-corrected chi connectivity index (χ1v) is 8.60. The van der Waals surface area contributed by atoms with Crippen LogP contribution in [0.15, 0.2) is 64.0 Å². The smallest absolute Gasteiger partial charge is 0.294 e. The molecule has 124 valence electrons. The van der Waals surface area contributed by atoms with Gasteiger partial charge in [-0.3, -0.25) is 4.55 Å². The Morgan fingerprint density at radius 2 is 1.54 bits per heavy atom. The molecule has 0 radical (unpaired) electrons. The Bertz CT molecular complexity index is 943. The summed E-state index contributed by atoms with van der Waals surface area (Å²) in [5, 5.41) is 0. The second kappa shape index (κ2) is 6.10. The molecule has 24 heavy (non-hydrogen) atoms. The first kappa shape index (κ1) is 16.2. The number of rotatable bonds is 4. The van der Waals surface area contributed by atoms with Crippen molar-refractivity contribution in [1.82, 2.24) is 4.98 Å². The fraction of sp³-hybridized carbons (Fsp3) is 0.118. The standard InChI is InChI=1S/C17H16N2O4S/c1-19(2)14-7-3-13(4-8-14)17-18-11-16(23-17)12-5-9-15(10-6-12)24(20,21)22/h3-11H,1-2H3,(H,20,21,22). The lowest BCUT2D eigenvalue weighted by Crippen LogP contribution is -2.07. The zero-order valence-corrected chi connectivity index (χ0v) is 14.0. The average molecular weight is 344 g/mol. The quantitative estimate of drug-likeness (QED) is 0.731. The van der Waals surface area contributed by atoms with Crippen LogP contribution in [-0.2, 0) is 10.1 Å². The van der Waals surface area contributed by atoms with Gasteiger partial charge in [0.05, 0.1) is 11.1 Å². The molecule has 0 bridgehead atoms. The second-order valence-corrected chi connectivity index (χ2v) is 6.89. The number of hydrogen-bond acceptors (Lipinski definition) is 5. The van der Waals surface area contributed by atoms with Gasteiger partial charge in [-0.05, 0) is 48.5 Å². The maximum absolute atomic E-state index is 11.1. The first-order chi connectivity index (χ1) is 11.3. The molecule has 0 aliphatic heterocycles. The molecular formula is C17H16N2O4S. The predicted octanol–water partition coefficient (Wildman–Crippen LogP) is 3.32. The summed E-state index contributed by atoms with van der Waals surface area (Å²) in [6, 6.07) is 13.5. The highest BCUT2D eigenvalue weighted by Gasteiger charge is 2.12. The van der Waals surface area contributed by atoms with Gasteiger partial charge in [-0.15, -0.1) is 0 Å². The van der Waals surface area contributed by atoms with E-state index in [1.807, 2.05) is 43.3 Å². The SMILES string of the molecule is CN(C)c1ccc(-c2ncc(-c3ccc(S(=O)(=O)O)cc3)o2)cc1. The van der Waals surface area contributed by atoms with E-state index in [1.165, 1.54) is 12.1 Å². The molecule has 0 fully saturated rings. The van der Waals surface area contributed by atoms with Gasteiger partial charge in [0.2, 0.25) is 5.89 Å². The summed E-state index contributed by atoms with van der Waals surface area (Å²) in [4.78, 5) is 6.10. The normalized spacial score (nSPS) is 11.5. The second-order valence-electron chi connectivity index (χ2n) is 5.47. The van der Waals surface area contributed by atoms with Crippen molar-refractivity contribution in [2.45, 2.75) is 4.90 Å². The first-order valence-electron chi connectivity index (χ1n) is 7.16. The third-order valence-electron chi connectivity index (χ3n) is 3.57. The predicted molar refractivity (Wildman–Crippen MR) is 91.5 cm³/mol. The van der Waals surface area contributed by atoms with Crippen LogP contribution in [0.4, 0.5) is 5.69 Å². The fourth-order valence-electron chi connectivity index (χ4n) is 2.23. The summed E-state index contributed by atoms with van der Waals surface area (Å²) in [5.41, 5.74) is 2.60. The molecule has 0 spiro atoms. The van der Waals surface area contributed by atoms with Crippen molar-refractivity contribution in [2.24, 2.45) is 0 Å². The number of oxazole rings is 1. The molecule has 0 unspecified atom stereocenters. The lowest BCUT2D eigenvalue weighted by molar-refractivity contribution is 0.483. The molecule has 3 rings (SSSR count). The molecule has 0 saturated carbocycles. The summed E-state index contributed by atoms with van der Waals surface area (Å²) < 4.78 is 36.9. The summed E-state index contributed by atoms with van der Waals surface area (Å²) >= 11 is 0. The highest BCUT2D eigenvalue weighted by Crippen LogP contribution is 2.27. The molecule has 6 nitrogen and oxygen atoms in total. The van der Waals surface area contributed by atoms with E-state index in [-0.39, 0.29) is 4.90 Å². The third kappa shape index (κ3) is 3.32. The van der Waals surface area contributed by atoms with Crippen LogP contribution in [0, 0.1) is 0 Å². The number of nitrogens with zero attached hydrogens (tertiary/aromatic N) is 2. The molecular weight excluding hydrogens is 328 g/mol. The third-order valence-corrected chi connectivity index (χ3v) is 4.44. The van der Waals surface area contributed by atoms with Gasteiger partial charge in [0.1, 0.15) is 0 Å². The molecule has 7 heteroatoms. The summed E-state index contributed by atoms with van der Waals surface area (Å²) in [5.74, 6) is 0.998. The van der Waals surface area contributed by atoms with E-state index in [4.69, 9.17) is 8.97 Å². The molecule has 0 aliphatic rings. The van der Waals surface area contributed by atoms with Crippen LogP contribution >= 0.6 is 0 Å². The Morgan fingerprint density at radius 3 is 2.08 bits per heavy atom. The number of hydrogen-bond donors (Lipinski definition) is 1. The highest BCUT2D eigenvalue weighted by atomic mass is 32.2. The van der Waals surface area contributed by atoms with Gasteiger partial charge >= 0.3 is 0 Å². The van der Waals surface area contributed by atoms with Crippen molar-refractivity contribution >= 4 is 15.8 Å². The minimum Gasteiger partial charge on any atom is -0.436 e. The highest BCUT2D eigenvalue weighted by molar-refractivity contribution is 7.85. The molecule has 0 aliphatic carbocycles. The van der Waals surface area contributed by atoms with Crippen LogP contribution in [-0.4, -0.2) is 32.0 Å². The van der Waals surface area contributed by atoms with Crippen LogP contribution in [0.2, 0.25) is 0 Å². The van der Waals surface area contributed by atoms with Crippen molar-refractivity contribution in [3.8, 4) is 22.8 Å². The van der Waals surface area contributed by atoms with Crippen LogP contribution in [0.25, 0.3) is 22.8 Å². The minimum absolute atomic E-state index is 0.162. The van der Waals surface area contributed by atoms with Gasteiger partial charge in [0.25, 0.3) is 10.1 Å². The lowest BCUT2D eigenvalue weighted by Gasteiger charge is -2.11. The van der Waals surface area contributed by atoms with E-state index in [0.717, 1.165) is 11.3 Å². The van der Waals surface area contributed by atoms with Crippen molar-refractivity contribution < 1.29 is 17.4 Å². The molecule has 1 aromatic heterocycles. The zero-order valence-electron chi connectivity index (χ0n) is 13.2. The molecule has 0 saturated heterocycles. The molecule has 0 atom stereocenters. The summed E-state index contributed by atoms with van der Waals surface area (Å²) in [6.07, 6.45) is 1.58. The Hall–Kier alpha value is -2.64. The van der Waals surface area contributed by atoms with E-state index in [0.29, 0.717) is 17.2 Å². The number of anilines is 1. The molecule has 3 aromatic rings. The van der Waals surface area contributed by atoms with Crippen molar-refractivity contribution in [1.29, 1.82) is 0 Å².